The van der Waals surface area contributed by atoms with Crippen molar-refractivity contribution in [3.63, 3.8) is 0 Å². The average molecular weight is 422 g/mol. The van der Waals surface area contributed by atoms with Crippen molar-refractivity contribution in [2.24, 2.45) is 0 Å². The molecule has 0 atom stereocenters. The van der Waals surface area contributed by atoms with Gasteiger partial charge in [-0.05, 0) is 35.7 Å². The zero-order chi connectivity index (χ0) is 17.8. The first kappa shape index (κ1) is 17.5. The van der Waals surface area contributed by atoms with E-state index in [0.717, 1.165) is 21.3 Å². The van der Waals surface area contributed by atoms with Crippen molar-refractivity contribution in [3.8, 4) is 16.5 Å². The molecule has 5 nitrogen and oxygen atoms in total. The Kier molecular flexibility index (Phi) is 5.54. The molecule has 4 rings (SSSR count). The maximum Gasteiger partial charge on any atom is 0.277 e. The predicted molar refractivity (Wildman–Crippen MR) is 105 cm³/mol. The molecule has 3 aromatic heterocycles. The van der Waals surface area contributed by atoms with Crippen LogP contribution in [0.5, 0.6) is 5.75 Å². The van der Waals surface area contributed by atoms with Crippen molar-refractivity contribution in [3.05, 3.63) is 62.9 Å². The Morgan fingerprint density at radius 2 is 2.00 bits per heavy atom. The second-order valence-corrected chi connectivity index (χ2v) is 8.37. The van der Waals surface area contributed by atoms with Crippen LogP contribution < -0.4 is 4.74 Å². The van der Waals surface area contributed by atoms with Gasteiger partial charge in [-0.2, -0.15) is 0 Å². The smallest absolute Gasteiger partial charge is 0.277 e. The second kappa shape index (κ2) is 8.22. The van der Waals surface area contributed by atoms with Gasteiger partial charge in [-0.15, -0.1) is 32.9 Å². The molecule has 0 spiro atoms. The summed E-state index contributed by atoms with van der Waals surface area (Å²) in [5.74, 6) is 1.99. The molecule has 0 radical (unpaired) electrons. The molecule has 0 aliphatic heterocycles. The molecule has 0 saturated heterocycles. The fraction of sp³-hybridized carbons (Fsp3) is 0.118. The lowest BCUT2D eigenvalue weighted by molar-refractivity contribution is 0.305. The van der Waals surface area contributed by atoms with E-state index in [1.165, 1.54) is 11.8 Å². The van der Waals surface area contributed by atoms with Crippen LogP contribution in [-0.4, -0.2) is 15.2 Å². The van der Waals surface area contributed by atoms with Gasteiger partial charge in [0, 0.05) is 16.2 Å². The fourth-order valence-electron chi connectivity index (χ4n) is 2.06. The van der Waals surface area contributed by atoms with Gasteiger partial charge in [0.05, 0.1) is 10.6 Å². The normalized spacial score (nSPS) is 11.0. The van der Waals surface area contributed by atoms with Crippen LogP contribution in [0.1, 0.15) is 10.7 Å². The summed E-state index contributed by atoms with van der Waals surface area (Å²) in [6.45, 7) is 0.431. The Bertz CT molecular complexity index is 967. The van der Waals surface area contributed by atoms with Gasteiger partial charge in [0.1, 0.15) is 17.4 Å². The van der Waals surface area contributed by atoms with E-state index in [1.807, 2.05) is 35.0 Å². The minimum Gasteiger partial charge on any atom is -0.486 e. The molecule has 0 N–H and O–H groups in total. The maximum absolute atomic E-state index is 5.86. The summed E-state index contributed by atoms with van der Waals surface area (Å²) in [7, 11) is 0. The molecule has 0 aliphatic rings. The van der Waals surface area contributed by atoms with Crippen LogP contribution in [0.3, 0.4) is 0 Å². The highest BCUT2D eigenvalue weighted by molar-refractivity contribution is 7.98. The number of hydrogen-bond acceptors (Lipinski definition) is 8. The monoisotopic (exact) mass is 421 g/mol. The molecule has 132 valence electrons. The quantitative estimate of drug-likeness (QED) is 0.352. The van der Waals surface area contributed by atoms with Crippen LogP contribution in [0.2, 0.25) is 5.02 Å². The topological polar surface area (TPSA) is 61.0 Å². The number of nitrogens with zero attached hydrogens (tertiary/aromatic N) is 3. The fourth-order valence-corrected chi connectivity index (χ4v) is 4.30. The minimum atomic E-state index is 0.431. The molecule has 3 heterocycles. The Morgan fingerprint density at radius 1 is 1.12 bits per heavy atom. The third-order valence-electron chi connectivity index (χ3n) is 3.26. The van der Waals surface area contributed by atoms with E-state index >= 15 is 0 Å². The largest absolute Gasteiger partial charge is 0.486 e. The van der Waals surface area contributed by atoms with Gasteiger partial charge < -0.3 is 9.15 Å². The van der Waals surface area contributed by atoms with Gasteiger partial charge in [0.2, 0.25) is 0 Å². The van der Waals surface area contributed by atoms with E-state index in [-0.39, 0.29) is 0 Å². The third-order valence-corrected chi connectivity index (χ3v) is 6.09. The molecule has 26 heavy (non-hydrogen) atoms. The molecule has 0 saturated carbocycles. The number of thioether (sulfide) groups is 1. The van der Waals surface area contributed by atoms with Crippen molar-refractivity contribution >= 4 is 46.0 Å². The van der Waals surface area contributed by atoms with Crippen molar-refractivity contribution in [2.45, 2.75) is 17.6 Å². The maximum atomic E-state index is 5.86. The number of hydrogen-bond donors (Lipinski definition) is 0. The van der Waals surface area contributed by atoms with Gasteiger partial charge in [0.25, 0.3) is 11.1 Å². The molecule has 4 aromatic rings. The molecular formula is C17H12ClN3O2S3. The highest BCUT2D eigenvalue weighted by Crippen LogP contribution is 2.28. The van der Waals surface area contributed by atoms with E-state index in [2.05, 4.69) is 15.2 Å². The third kappa shape index (κ3) is 4.45. The molecule has 1 aromatic carbocycles. The second-order valence-electron chi connectivity index (χ2n) is 5.11. The van der Waals surface area contributed by atoms with Crippen LogP contribution in [0.4, 0.5) is 0 Å². The molecule has 0 amide bonds. The predicted octanol–water partition coefficient (Wildman–Crippen LogP) is 5.78. The highest BCUT2D eigenvalue weighted by Gasteiger charge is 2.11. The number of halogens is 1. The van der Waals surface area contributed by atoms with Gasteiger partial charge in [0.15, 0.2) is 0 Å². The summed E-state index contributed by atoms with van der Waals surface area (Å²) in [4.78, 5) is 5.55. The van der Waals surface area contributed by atoms with Crippen LogP contribution in [0, 0.1) is 0 Å². The van der Waals surface area contributed by atoms with Gasteiger partial charge in [-0.25, -0.2) is 4.98 Å². The molecule has 0 aliphatic carbocycles. The SMILES string of the molecule is Clc1ccc(OCc2nc(CSc3nnc(-c4cccs4)o3)cs2)cc1. The van der Waals surface area contributed by atoms with E-state index in [0.29, 0.717) is 28.5 Å². The lowest BCUT2D eigenvalue weighted by Crippen LogP contribution is -1.95. The zero-order valence-corrected chi connectivity index (χ0v) is 16.5. The van der Waals surface area contributed by atoms with E-state index in [1.54, 1.807) is 34.8 Å². The van der Waals surface area contributed by atoms with Crippen molar-refractivity contribution in [1.82, 2.24) is 15.2 Å². The van der Waals surface area contributed by atoms with Crippen molar-refractivity contribution < 1.29 is 9.15 Å². The minimum absolute atomic E-state index is 0.431. The number of aromatic nitrogens is 3. The average Bonchev–Trinajstić information content (AvgIpc) is 3.40. The number of rotatable bonds is 7. The Balaban J connectivity index is 1.30. The summed E-state index contributed by atoms with van der Waals surface area (Å²) < 4.78 is 11.4. The number of thiophene rings is 1. The zero-order valence-electron chi connectivity index (χ0n) is 13.3. The first-order chi connectivity index (χ1) is 12.8. The first-order valence-corrected chi connectivity index (χ1v) is 10.7. The highest BCUT2D eigenvalue weighted by atomic mass is 35.5. The van der Waals surface area contributed by atoms with E-state index in [9.17, 15) is 0 Å². The van der Waals surface area contributed by atoms with Crippen molar-refractivity contribution in [2.75, 3.05) is 0 Å². The molecule has 0 unspecified atom stereocenters. The lowest BCUT2D eigenvalue weighted by atomic mass is 10.3. The Morgan fingerprint density at radius 3 is 2.81 bits per heavy atom. The van der Waals surface area contributed by atoms with Crippen LogP contribution in [-0.2, 0) is 12.4 Å². The van der Waals surface area contributed by atoms with Gasteiger partial charge in [-0.3, -0.25) is 0 Å². The van der Waals surface area contributed by atoms with Crippen LogP contribution >= 0.6 is 46.0 Å². The van der Waals surface area contributed by atoms with E-state index < -0.39 is 0 Å². The van der Waals surface area contributed by atoms with Crippen molar-refractivity contribution in [1.29, 1.82) is 0 Å². The Labute approximate surface area is 167 Å². The molecule has 0 fully saturated rings. The summed E-state index contributed by atoms with van der Waals surface area (Å²) >= 11 is 10.5. The van der Waals surface area contributed by atoms with Gasteiger partial charge >= 0.3 is 0 Å². The first-order valence-electron chi connectivity index (χ1n) is 7.58. The number of ether oxygens (including phenoxy) is 1. The molecule has 0 bridgehead atoms. The molecule has 9 heteroatoms. The van der Waals surface area contributed by atoms with Gasteiger partial charge in [-0.1, -0.05) is 29.4 Å². The summed E-state index contributed by atoms with van der Waals surface area (Å²) in [5, 5.41) is 14.3. The van der Waals surface area contributed by atoms with E-state index in [4.69, 9.17) is 20.8 Å². The standard InChI is InChI=1S/C17H12ClN3O2S3/c18-11-3-5-13(6-4-11)22-8-15-19-12(9-25-15)10-26-17-21-20-16(23-17)14-2-1-7-24-14/h1-7,9H,8,10H2. The molecular weight excluding hydrogens is 410 g/mol. The summed E-state index contributed by atoms with van der Waals surface area (Å²) in [6.07, 6.45) is 0. The lowest BCUT2D eigenvalue weighted by Gasteiger charge is -2.03. The Hall–Kier alpha value is -1.87. The summed E-state index contributed by atoms with van der Waals surface area (Å²) in [5.41, 5.74) is 0.963. The number of thiazole rings is 1. The van der Waals surface area contributed by atoms with Crippen LogP contribution in [0.15, 0.2) is 56.8 Å². The van der Waals surface area contributed by atoms with Crippen LogP contribution in [0.25, 0.3) is 10.8 Å². The number of benzene rings is 1. The summed E-state index contributed by atoms with van der Waals surface area (Å²) in [6, 6.07) is 11.2.